The van der Waals surface area contributed by atoms with E-state index in [2.05, 4.69) is 0 Å². The predicted molar refractivity (Wildman–Crippen MR) is 75.3 cm³/mol. The predicted octanol–water partition coefficient (Wildman–Crippen LogP) is 1.80. The van der Waals surface area contributed by atoms with Crippen LogP contribution in [0.4, 0.5) is 0 Å². The highest BCUT2D eigenvalue weighted by Gasteiger charge is 2.35. The summed E-state index contributed by atoms with van der Waals surface area (Å²) in [5.41, 5.74) is 0.816. The number of carbonyl (C=O) groups excluding carboxylic acids is 3. The number of phenols is 1. The topological polar surface area (TPSA) is 83.9 Å². The third-order valence-corrected chi connectivity index (χ3v) is 3.31. The fourth-order valence-electron chi connectivity index (χ4n) is 2.16. The van der Waals surface area contributed by atoms with Gasteiger partial charge < -0.3 is 9.84 Å². The molecule has 22 heavy (non-hydrogen) atoms. The molecule has 6 nitrogen and oxygen atoms in total. The number of hydrogen-bond donors (Lipinski definition) is 1. The van der Waals surface area contributed by atoms with E-state index in [1.165, 1.54) is 24.3 Å². The first-order valence-electron chi connectivity index (χ1n) is 6.49. The van der Waals surface area contributed by atoms with Crippen molar-refractivity contribution in [1.29, 1.82) is 0 Å². The smallest absolute Gasteiger partial charge is 0.339 e. The molecule has 2 amide bonds. The molecular formula is C16H11NO5. The van der Waals surface area contributed by atoms with Crippen molar-refractivity contribution >= 4 is 17.8 Å². The Bertz CT molecular complexity index is 731. The number of esters is 1. The largest absolute Gasteiger partial charge is 0.508 e. The molecule has 6 heteroatoms. The second-order valence-electron chi connectivity index (χ2n) is 4.69. The summed E-state index contributed by atoms with van der Waals surface area (Å²) in [5.74, 6) is -1.63. The molecule has 1 aliphatic heterocycles. The molecule has 1 aliphatic rings. The number of hydrogen-bond acceptors (Lipinski definition) is 5. The van der Waals surface area contributed by atoms with Crippen molar-refractivity contribution in [1.82, 2.24) is 4.90 Å². The number of benzene rings is 2. The van der Waals surface area contributed by atoms with Gasteiger partial charge in [0.25, 0.3) is 11.8 Å². The normalized spacial score (nSPS) is 13.2. The molecule has 0 atom stereocenters. The highest BCUT2D eigenvalue weighted by molar-refractivity contribution is 6.21. The maximum Gasteiger partial charge on any atom is 0.339 e. The number of ether oxygens (including phenoxy) is 1. The van der Waals surface area contributed by atoms with Crippen LogP contribution < -0.4 is 0 Å². The number of fused-ring (bicyclic) bond motifs is 1. The molecule has 1 N–H and O–H groups in total. The third-order valence-electron chi connectivity index (χ3n) is 3.31. The highest BCUT2D eigenvalue weighted by Crippen LogP contribution is 2.22. The van der Waals surface area contributed by atoms with E-state index in [1.54, 1.807) is 24.3 Å². The number of phenolic OH excluding ortho intramolecular Hbond substituents is 1. The number of nitrogens with zero attached hydrogens (tertiary/aromatic N) is 1. The van der Waals surface area contributed by atoms with E-state index in [0.717, 1.165) is 4.90 Å². The Balaban J connectivity index is 1.70. The molecular weight excluding hydrogens is 286 g/mol. The fraction of sp³-hybridized carbons (Fsp3) is 0.0625. The summed E-state index contributed by atoms with van der Waals surface area (Å²) >= 11 is 0. The second kappa shape index (κ2) is 5.33. The van der Waals surface area contributed by atoms with Crippen LogP contribution in [0.2, 0.25) is 0 Å². The molecule has 1 heterocycles. The lowest BCUT2D eigenvalue weighted by Crippen LogP contribution is -2.33. The zero-order valence-corrected chi connectivity index (χ0v) is 11.4. The first-order chi connectivity index (χ1) is 10.6. The number of imide groups is 1. The van der Waals surface area contributed by atoms with E-state index < -0.39 is 24.5 Å². The van der Waals surface area contributed by atoms with Crippen LogP contribution in [0, 0.1) is 0 Å². The molecule has 0 aromatic heterocycles. The van der Waals surface area contributed by atoms with Crippen LogP contribution in [-0.2, 0) is 4.74 Å². The Labute approximate surface area is 125 Å². The molecule has 0 unspecified atom stereocenters. The van der Waals surface area contributed by atoms with Crippen molar-refractivity contribution in [2.24, 2.45) is 0 Å². The summed E-state index contributed by atoms with van der Waals surface area (Å²) < 4.78 is 4.99. The summed E-state index contributed by atoms with van der Waals surface area (Å²) in [5, 5.41) is 9.16. The van der Waals surface area contributed by atoms with Crippen LogP contribution >= 0.6 is 0 Å². The first kappa shape index (κ1) is 13.8. The van der Waals surface area contributed by atoms with Crippen molar-refractivity contribution in [3.63, 3.8) is 0 Å². The van der Waals surface area contributed by atoms with Crippen molar-refractivity contribution in [3.8, 4) is 5.75 Å². The molecule has 0 fully saturated rings. The van der Waals surface area contributed by atoms with Gasteiger partial charge in [-0.3, -0.25) is 9.59 Å². The van der Waals surface area contributed by atoms with E-state index in [4.69, 9.17) is 9.84 Å². The molecule has 0 spiro atoms. The van der Waals surface area contributed by atoms with Gasteiger partial charge in [-0.25, -0.2) is 9.69 Å². The van der Waals surface area contributed by atoms with Crippen molar-refractivity contribution < 1.29 is 24.2 Å². The van der Waals surface area contributed by atoms with Crippen LogP contribution in [0.25, 0.3) is 0 Å². The van der Waals surface area contributed by atoms with Gasteiger partial charge in [-0.15, -0.1) is 0 Å². The van der Waals surface area contributed by atoms with Crippen LogP contribution in [0.5, 0.6) is 5.75 Å². The summed E-state index contributed by atoms with van der Waals surface area (Å²) in [6.45, 7) is -0.452. The molecule has 0 saturated carbocycles. The van der Waals surface area contributed by atoms with Gasteiger partial charge in [0.05, 0.1) is 16.7 Å². The highest BCUT2D eigenvalue weighted by atomic mass is 16.5. The minimum absolute atomic E-state index is 0.0249. The van der Waals surface area contributed by atoms with Gasteiger partial charge >= 0.3 is 5.97 Å². The van der Waals surface area contributed by atoms with E-state index in [-0.39, 0.29) is 11.3 Å². The summed E-state index contributed by atoms with van der Waals surface area (Å²) in [4.78, 5) is 36.9. The van der Waals surface area contributed by atoms with Gasteiger partial charge in [0, 0.05) is 0 Å². The van der Waals surface area contributed by atoms with E-state index in [1.807, 2.05) is 0 Å². The van der Waals surface area contributed by atoms with E-state index in [9.17, 15) is 14.4 Å². The van der Waals surface area contributed by atoms with Crippen molar-refractivity contribution in [2.45, 2.75) is 0 Å². The van der Waals surface area contributed by atoms with E-state index >= 15 is 0 Å². The van der Waals surface area contributed by atoms with E-state index in [0.29, 0.717) is 11.1 Å². The van der Waals surface area contributed by atoms with Crippen LogP contribution in [0.1, 0.15) is 31.1 Å². The van der Waals surface area contributed by atoms with Gasteiger partial charge in [-0.1, -0.05) is 12.1 Å². The minimum Gasteiger partial charge on any atom is -0.508 e. The number of aromatic hydroxyl groups is 1. The average molecular weight is 297 g/mol. The lowest BCUT2D eigenvalue weighted by Gasteiger charge is -2.13. The summed E-state index contributed by atoms with van der Waals surface area (Å²) in [7, 11) is 0. The van der Waals surface area contributed by atoms with Crippen LogP contribution in [0.15, 0.2) is 48.5 Å². The molecule has 2 aromatic carbocycles. The third kappa shape index (κ3) is 2.31. The monoisotopic (exact) mass is 297 g/mol. The summed E-state index contributed by atoms with van der Waals surface area (Å²) in [6.07, 6.45) is 0. The quantitative estimate of drug-likeness (QED) is 0.690. The SMILES string of the molecule is O=C(OCN1C(=O)c2ccccc2C1=O)c1ccc(O)cc1. The van der Waals surface area contributed by atoms with Gasteiger partial charge in [-0.2, -0.15) is 0 Å². The van der Waals surface area contributed by atoms with Gasteiger partial charge in [0.2, 0.25) is 0 Å². The average Bonchev–Trinajstić information content (AvgIpc) is 2.78. The van der Waals surface area contributed by atoms with Gasteiger partial charge in [0.1, 0.15) is 5.75 Å². The maximum absolute atomic E-state index is 12.1. The van der Waals surface area contributed by atoms with Crippen molar-refractivity contribution in [3.05, 3.63) is 65.2 Å². The Hall–Kier alpha value is -3.15. The van der Waals surface area contributed by atoms with Gasteiger partial charge in [0.15, 0.2) is 6.73 Å². The Morgan fingerprint density at radius 1 is 0.955 bits per heavy atom. The van der Waals surface area contributed by atoms with Gasteiger partial charge in [-0.05, 0) is 36.4 Å². The molecule has 0 radical (unpaired) electrons. The number of carbonyl (C=O) groups is 3. The zero-order valence-electron chi connectivity index (χ0n) is 11.4. The molecule has 2 aromatic rings. The second-order valence-corrected chi connectivity index (χ2v) is 4.69. The Morgan fingerprint density at radius 2 is 1.50 bits per heavy atom. The molecule has 3 rings (SSSR count). The lowest BCUT2D eigenvalue weighted by molar-refractivity contribution is 0.0228. The van der Waals surface area contributed by atoms with Crippen molar-refractivity contribution in [2.75, 3.05) is 6.73 Å². The lowest BCUT2D eigenvalue weighted by atomic mass is 10.1. The molecule has 0 saturated heterocycles. The number of amides is 2. The Morgan fingerprint density at radius 3 is 2.05 bits per heavy atom. The molecule has 110 valence electrons. The zero-order chi connectivity index (χ0) is 15.7. The molecule has 0 aliphatic carbocycles. The fourth-order valence-corrected chi connectivity index (χ4v) is 2.16. The minimum atomic E-state index is -0.684. The van der Waals surface area contributed by atoms with Crippen LogP contribution in [0.3, 0.4) is 0 Å². The molecule has 0 bridgehead atoms. The maximum atomic E-state index is 12.1. The Kier molecular flexibility index (Phi) is 3.34. The standard InChI is InChI=1S/C16H11NO5/c18-11-7-5-10(6-8-11)16(21)22-9-17-14(19)12-3-1-2-4-13(12)15(17)20/h1-8,18H,9H2. The number of rotatable bonds is 3. The summed E-state index contributed by atoms with van der Waals surface area (Å²) in [6, 6.07) is 11.9. The first-order valence-corrected chi connectivity index (χ1v) is 6.49. The van der Waals surface area contributed by atoms with Crippen LogP contribution in [-0.4, -0.2) is 34.5 Å².